The molecule has 14 heavy (non-hydrogen) atoms. The van der Waals surface area contributed by atoms with Crippen molar-refractivity contribution in [2.24, 2.45) is 5.92 Å². The van der Waals surface area contributed by atoms with Crippen molar-refractivity contribution >= 4 is 6.98 Å². The second kappa shape index (κ2) is 5.05. The van der Waals surface area contributed by atoms with Gasteiger partial charge in [0.2, 0.25) is 0 Å². The first-order chi connectivity index (χ1) is 6.53. The van der Waals surface area contributed by atoms with Crippen LogP contribution in [0.1, 0.15) is 39.0 Å². The highest BCUT2D eigenvalue weighted by Gasteiger charge is 2.29. The molecule has 1 saturated carbocycles. The van der Waals surface area contributed by atoms with E-state index in [-0.39, 0.29) is 6.10 Å². The number of rotatable bonds is 4. The number of ether oxygens (including phenoxy) is 1. The summed E-state index contributed by atoms with van der Waals surface area (Å²) in [6, 6.07) is 0. The third-order valence-electron chi connectivity index (χ3n) is 2.86. The molecule has 1 rings (SSSR count). The van der Waals surface area contributed by atoms with Gasteiger partial charge in [0.1, 0.15) is 0 Å². The quantitative estimate of drug-likeness (QED) is 0.645. The van der Waals surface area contributed by atoms with E-state index in [0.29, 0.717) is 5.92 Å². The van der Waals surface area contributed by atoms with Crippen molar-refractivity contribution in [2.75, 3.05) is 6.51 Å². The van der Waals surface area contributed by atoms with Crippen molar-refractivity contribution in [3.8, 4) is 0 Å². The standard InChI is InChI=1S/C9H17BF3O/c1-2-8-5-3-4-6-9(8)14-7-10(11,12)13/h8-9H,2-7H2,1H3/q-1. The van der Waals surface area contributed by atoms with Gasteiger partial charge >= 0.3 is 6.98 Å². The van der Waals surface area contributed by atoms with Crippen LogP contribution in [0.3, 0.4) is 0 Å². The van der Waals surface area contributed by atoms with Crippen molar-refractivity contribution in [2.45, 2.75) is 45.1 Å². The summed E-state index contributed by atoms with van der Waals surface area (Å²) in [4.78, 5) is 0. The smallest absolute Gasteiger partial charge is 0.447 e. The van der Waals surface area contributed by atoms with E-state index in [2.05, 4.69) is 0 Å². The van der Waals surface area contributed by atoms with Gasteiger partial charge in [0.25, 0.3) is 0 Å². The highest BCUT2D eigenvalue weighted by Crippen LogP contribution is 2.29. The van der Waals surface area contributed by atoms with Crippen LogP contribution in [0, 0.1) is 5.92 Å². The van der Waals surface area contributed by atoms with E-state index in [1.807, 2.05) is 6.92 Å². The van der Waals surface area contributed by atoms with Gasteiger partial charge in [-0.2, -0.15) is 0 Å². The van der Waals surface area contributed by atoms with E-state index >= 15 is 0 Å². The summed E-state index contributed by atoms with van der Waals surface area (Å²) in [7, 11) is 0. The van der Waals surface area contributed by atoms with E-state index in [4.69, 9.17) is 4.74 Å². The van der Waals surface area contributed by atoms with Gasteiger partial charge in [0.15, 0.2) is 0 Å². The maximum Gasteiger partial charge on any atom is 0.503 e. The van der Waals surface area contributed by atoms with Gasteiger partial charge in [-0.25, -0.2) is 0 Å². The Morgan fingerprint density at radius 3 is 2.43 bits per heavy atom. The van der Waals surface area contributed by atoms with Crippen LogP contribution in [0.4, 0.5) is 12.9 Å². The Kier molecular flexibility index (Phi) is 4.29. The van der Waals surface area contributed by atoms with E-state index < -0.39 is 13.5 Å². The molecule has 84 valence electrons. The molecule has 0 spiro atoms. The van der Waals surface area contributed by atoms with Crippen LogP contribution in [0.2, 0.25) is 0 Å². The van der Waals surface area contributed by atoms with Crippen LogP contribution < -0.4 is 0 Å². The van der Waals surface area contributed by atoms with E-state index in [1.54, 1.807) is 0 Å². The zero-order valence-electron chi connectivity index (χ0n) is 8.52. The van der Waals surface area contributed by atoms with Gasteiger partial charge in [0.05, 0.1) is 6.10 Å². The second-order valence-electron chi connectivity index (χ2n) is 4.03. The topological polar surface area (TPSA) is 9.23 Å². The lowest BCUT2D eigenvalue weighted by molar-refractivity contribution is 0.000217. The summed E-state index contributed by atoms with van der Waals surface area (Å²) in [6.45, 7) is -3.79. The van der Waals surface area contributed by atoms with Crippen LogP contribution in [-0.2, 0) is 4.74 Å². The molecule has 1 aliphatic carbocycles. The lowest BCUT2D eigenvalue weighted by Gasteiger charge is -2.32. The van der Waals surface area contributed by atoms with Crippen LogP contribution in [-0.4, -0.2) is 19.6 Å². The Labute approximate surface area is 83.1 Å². The molecule has 1 nitrogen and oxygen atoms in total. The molecular weight excluding hydrogens is 192 g/mol. The van der Waals surface area contributed by atoms with Crippen molar-refractivity contribution in [3.63, 3.8) is 0 Å². The van der Waals surface area contributed by atoms with Crippen molar-refractivity contribution in [1.29, 1.82) is 0 Å². The Morgan fingerprint density at radius 1 is 1.21 bits per heavy atom. The summed E-state index contributed by atoms with van der Waals surface area (Å²) in [5.41, 5.74) is 0. The van der Waals surface area contributed by atoms with Gasteiger partial charge in [-0.1, -0.05) is 26.2 Å². The lowest BCUT2D eigenvalue weighted by Crippen LogP contribution is -2.33. The first kappa shape index (κ1) is 11.9. The second-order valence-corrected chi connectivity index (χ2v) is 4.03. The summed E-state index contributed by atoms with van der Waals surface area (Å²) in [6.07, 6.45) is 4.73. The van der Waals surface area contributed by atoms with E-state index in [9.17, 15) is 12.9 Å². The first-order valence-corrected chi connectivity index (χ1v) is 5.35. The molecule has 0 amide bonds. The number of halogens is 3. The average Bonchev–Trinajstić information content (AvgIpc) is 2.14. The minimum Gasteiger partial charge on any atom is -0.447 e. The summed E-state index contributed by atoms with van der Waals surface area (Å²) in [5, 5.41) is 0. The monoisotopic (exact) mass is 209 g/mol. The molecule has 1 aliphatic rings. The summed E-state index contributed by atoms with van der Waals surface area (Å²) < 4.78 is 40.9. The average molecular weight is 209 g/mol. The normalized spacial score (nSPS) is 29.1. The lowest BCUT2D eigenvalue weighted by atomic mass is 9.84. The SMILES string of the molecule is CCC1CCCCC1OC[B-](F)(F)F. The summed E-state index contributed by atoms with van der Waals surface area (Å²) in [5.74, 6) is 0.335. The molecule has 2 atom stereocenters. The highest BCUT2D eigenvalue weighted by molar-refractivity contribution is 6.58. The molecule has 0 aliphatic heterocycles. The highest BCUT2D eigenvalue weighted by atomic mass is 19.4. The molecular formula is C9H17BF3O-. The molecule has 0 heterocycles. The van der Waals surface area contributed by atoms with Crippen molar-refractivity contribution in [3.05, 3.63) is 0 Å². The fourth-order valence-corrected chi connectivity index (χ4v) is 2.09. The molecule has 2 unspecified atom stereocenters. The van der Waals surface area contributed by atoms with E-state index in [1.165, 1.54) is 0 Å². The molecule has 0 aromatic heterocycles. The zero-order valence-corrected chi connectivity index (χ0v) is 8.52. The summed E-state index contributed by atoms with van der Waals surface area (Å²) >= 11 is 0. The fourth-order valence-electron chi connectivity index (χ4n) is 2.09. The zero-order chi connectivity index (χ0) is 10.6. The maximum absolute atomic E-state index is 12.0. The van der Waals surface area contributed by atoms with Crippen LogP contribution >= 0.6 is 0 Å². The molecule has 0 radical (unpaired) electrons. The van der Waals surface area contributed by atoms with Gasteiger partial charge < -0.3 is 17.7 Å². The van der Waals surface area contributed by atoms with Crippen LogP contribution in [0.5, 0.6) is 0 Å². The largest absolute Gasteiger partial charge is 0.503 e. The Bertz CT molecular complexity index is 172. The maximum atomic E-state index is 12.0. The van der Waals surface area contributed by atoms with Gasteiger partial charge in [-0.05, 0) is 18.8 Å². The predicted molar refractivity (Wildman–Crippen MR) is 51.1 cm³/mol. The molecule has 5 heteroatoms. The number of hydrogen-bond donors (Lipinski definition) is 0. The Balaban J connectivity index is 2.33. The van der Waals surface area contributed by atoms with Crippen LogP contribution in [0.15, 0.2) is 0 Å². The fraction of sp³-hybridized carbons (Fsp3) is 1.00. The third-order valence-corrected chi connectivity index (χ3v) is 2.86. The van der Waals surface area contributed by atoms with Crippen molar-refractivity contribution in [1.82, 2.24) is 0 Å². The Morgan fingerprint density at radius 2 is 1.86 bits per heavy atom. The molecule has 0 saturated heterocycles. The first-order valence-electron chi connectivity index (χ1n) is 5.35. The molecule has 0 aromatic carbocycles. The Hall–Kier alpha value is -0.185. The van der Waals surface area contributed by atoms with Gasteiger partial charge in [-0.15, -0.1) is 0 Å². The van der Waals surface area contributed by atoms with Gasteiger partial charge in [0, 0.05) is 6.51 Å². The molecule has 0 N–H and O–H groups in total. The molecule has 1 fully saturated rings. The predicted octanol–water partition coefficient (Wildman–Crippen LogP) is 3.36. The third kappa shape index (κ3) is 3.90. The van der Waals surface area contributed by atoms with Crippen molar-refractivity contribution < 1.29 is 17.7 Å². The van der Waals surface area contributed by atoms with E-state index in [0.717, 1.165) is 32.1 Å². The molecule has 0 aromatic rings. The number of hydrogen-bond acceptors (Lipinski definition) is 1. The van der Waals surface area contributed by atoms with Gasteiger partial charge in [-0.3, -0.25) is 0 Å². The minimum absolute atomic E-state index is 0.155. The molecule has 0 bridgehead atoms. The minimum atomic E-state index is -4.78. The van der Waals surface area contributed by atoms with Crippen LogP contribution in [0.25, 0.3) is 0 Å².